The number of rotatable bonds is 7. The quantitative estimate of drug-likeness (QED) is 0.845. The molecule has 0 saturated heterocycles. The van der Waals surface area contributed by atoms with Crippen LogP contribution in [0.3, 0.4) is 0 Å². The molecule has 0 bridgehead atoms. The molecule has 0 amide bonds. The molecule has 0 saturated carbocycles. The Bertz CT molecular complexity index is 541. The number of thiophene rings is 1. The summed E-state index contributed by atoms with van der Waals surface area (Å²) in [7, 11) is 0. The summed E-state index contributed by atoms with van der Waals surface area (Å²) >= 11 is 1.76. The fourth-order valence-electron chi connectivity index (χ4n) is 2.07. The van der Waals surface area contributed by atoms with Crippen LogP contribution in [0, 0.1) is 0 Å². The molecular formula is C14H21N3OS. The summed E-state index contributed by atoms with van der Waals surface area (Å²) in [5, 5.41) is 5.53. The van der Waals surface area contributed by atoms with Crippen LogP contribution in [-0.2, 0) is 13.1 Å². The summed E-state index contributed by atoms with van der Waals surface area (Å²) in [6.07, 6.45) is 4.72. The number of nitrogens with one attached hydrogen (secondary N) is 1. The molecule has 5 heteroatoms. The predicted molar refractivity (Wildman–Crippen MR) is 79.7 cm³/mol. The third kappa shape index (κ3) is 3.58. The number of aromatic nitrogens is 2. The smallest absolute Gasteiger partial charge is 0.308 e. The van der Waals surface area contributed by atoms with E-state index < -0.39 is 0 Å². The van der Waals surface area contributed by atoms with Gasteiger partial charge in [0.15, 0.2) is 0 Å². The molecule has 1 unspecified atom stereocenters. The zero-order valence-electron chi connectivity index (χ0n) is 11.5. The highest BCUT2D eigenvalue weighted by atomic mass is 32.1. The van der Waals surface area contributed by atoms with Gasteiger partial charge < -0.3 is 5.32 Å². The summed E-state index contributed by atoms with van der Waals surface area (Å²) in [4.78, 5) is 13.3. The summed E-state index contributed by atoms with van der Waals surface area (Å²) in [6, 6.07) is 4.54. The van der Waals surface area contributed by atoms with Gasteiger partial charge in [-0.05, 0) is 24.8 Å². The van der Waals surface area contributed by atoms with E-state index in [0.29, 0.717) is 12.6 Å². The summed E-state index contributed by atoms with van der Waals surface area (Å²) in [6.45, 7) is 6.54. The van der Waals surface area contributed by atoms with Crippen LogP contribution in [0.15, 0.2) is 34.7 Å². The molecule has 2 rings (SSSR count). The normalized spacial score (nSPS) is 12.7. The Morgan fingerprint density at radius 3 is 2.68 bits per heavy atom. The predicted octanol–water partition coefficient (Wildman–Crippen LogP) is 2.47. The van der Waals surface area contributed by atoms with Crippen molar-refractivity contribution in [2.75, 3.05) is 6.54 Å². The Morgan fingerprint density at radius 1 is 1.32 bits per heavy atom. The highest BCUT2D eigenvalue weighted by Crippen LogP contribution is 2.17. The third-order valence-corrected chi connectivity index (χ3v) is 4.21. The first-order valence-electron chi connectivity index (χ1n) is 6.74. The van der Waals surface area contributed by atoms with Gasteiger partial charge in [0.2, 0.25) is 0 Å². The molecule has 0 aliphatic carbocycles. The van der Waals surface area contributed by atoms with E-state index in [1.54, 1.807) is 20.5 Å². The minimum absolute atomic E-state index is 0.0902. The number of aryl methyl sites for hydroxylation is 1. The van der Waals surface area contributed by atoms with E-state index in [1.807, 2.05) is 12.4 Å². The van der Waals surface area contributed by atoms with Gasteiger partial charge in [-0.2, -0.15) is 0 Å². The fraction of sp³-hybridized carbons (Fsp3) is 0.500. The number of hydrogen-bond acceptors (Lipinski definition) is 3. The summed E-state index contributed by atoms with van der Waals surface area (Å²) in [5.74, 6) is 0. The minimum atomic E-state index is 0.0902. The van der Waals surface area contributed by atoms with Crippen molar-refractivity contribution >= 4 is 11.3 Å². The van der Waals surface area contributed by atoms with E-state index in [0.717, 1.165) is 19.5 Å². The molecule has 2 heterocycles. The van der Waals surface area contributed by atoms with Crippen LogP contribution < -0.4 is 11.0 Å². The Balaban J connectivity index is 1.84. The molecule has 0 aliphatic rings. The molecule has 0 aliphatic heterocycles. The highest BCUT2D eigenvalue weighted by molar-refractivity contribution is 7.10. The second kappa shape index (κ2) is 6.73. The number of nitrogens with zero attached hydrogens (tertiary/aromatic N) is 2. The van der Waals surface area contributed by atoms with E-state index >= 15 is 0 Å². The lowest BCUT2D eigenvalue weighted by molar-refractivity contribution is 0.521. The summed E-state index contributed by atoms with van der Waals surface area (Å²) in [5.41, 5.74) is 0.0902. The van der Waals surface area contributed by atoms with Crippen molar-refractivity contribution in [3.05, 3.63) is 45.3 Å². The standard InChI is InChI=1S/C14H21N3OS/c1-3-7-16-9-10-17(14(16)18)8-6-15-12(2)13-5-4-11-19-13/h4-5,9-12,15H,3,6-8H2,1-2H3. The molecule has 0 radical (unpaired) electrons. The SMILES string of the molecule is CCCn1ccn(CCNC(C)c2cccs2)c1=O. The van der Waals surface area contributed by atoms with Crippen molar-refractivity contribution in [3.8, 4) is 0 Å². The molecule has 1 N–H and O–H groups in total. The first-order chi connectivity index (χ1) is 9.22. The maximum Gasteiger partial charge on any atom is 0.328 e. The first-order valence-corrected chi connectivity index (χ1v) is 7.62. The maximum absolute atomic E-state index is 12.0. The van der Waals surface area contributed by atoms with Crippen LogP contribution in [0.25, 0.3) is 0 Å². The summed E-state index contributed by atoms with van der Waals surface area (Å²) < 4.78 is 3.53. The van der Waals surface area contributed by atoms with E-state index in [4.69, 9.17) is 0 Å². The molecule has 0 fully saturated rings. The molecule has 1 atom stereocenters. The molecule has 104 valence electrons. The lowest BCUT2D eigenvalue weighted by Gasteiger charge is -2.11. The first kappa shape index (κ1) is 14.1. The van der Waals surface area contributed by atoms with Gasteiger partial charge in [-0.25, -0.2) is 4.79 Å². The molecule has 2 aromatic rings. The van der Waals surface area contributed by atoms with Gasteiger partial charge in [-0.1, -0.05) is 13.0 Å². The van der Waals surface area contributed by atoms with Gasteiger partial charge >= 0.3 is 5.69 Å². The molecule has 0 spiro atoms. The molecule has 2 aromatic heterocycles. The Hall–Kier alpha value is -1.33. The molecule has 0 aromatic carbocycles. The van der Waals surface area contributed by atoms with Gasteiger partial charge in [0.05, 0.1) is 0 Å². The van der Waals surface area contributed by atoms with Crippen LogP contribution in [0.1, 0.15) is 31.2 Å². The van der Waals surface area contributed by atoms with Crippen molar-refractivity contribution in [1.82, 2.24) is 14.5 Å². The van der Waals surface area contributed by atoms with Crippen LogP contribution in [0.5, 0.6) is 0 Å². The molecule has 4 nitrogen and oxygen atoms in total. The van der Waals surface area contributed by atoms with Crippen molar-refractivity contribution in [2.45, 2.75) is 39.4 Å². The average Bonchev–Trinajstić information content (AvgIpc) is 3.03. The third-order valence-electron chi connectivity index (χ3n) is 3.16. The Labute approximate surface area is 117 Å². The fourth-order valence-corrected chi connectivity index (χ4v) is 2.83. The molecular weight excluding hydrogens is 258 g/mol. The van der Waals surface area contributed by atoms with E-state index in [-0.39, 0.29) is 5.69 Å². The Kier molecular flexibility index (Phi) is 4.99. The van der Waals surface area contributed by atoms with Gasteiger partial charge in [-0.3, -0.25) is 9.13 Å². The second-order valence-corrected chi connectivity index (χ2v) is 5.64. The lowest BCUT2D eigenvalue weighted by atomic mass is 10.3. The van der Waals surface area contributed by atoms with Crippen LogP contribution >= 0.6 is 11.3 Å². The van der Waals surface area contributed by atoms with Gasteiger partial charge in [-0.15, -0.1) is 11.3 Å². The Morgan fingerprint density at radius 2 is 2.05 bits per heavy atom. The van der Waals surface area contributed by atoms with Crippen molar-refractivity contribution in [3.63, 3.8) is 0 Å². The average molecular weight is 279 g/mol. The number of imidazole rings is 1. The minimum Gasteiger partial charge on any atom is -0.308 e. The van der Waals surface area contributed by atoms with Crippen LogP contribution in [0.2, 0.25) is 0 Å². The van der Waals surface area contributed by atoms with Crippen LogP contribution in [-0.4, -0.2) is 15.7 Å². The monoisotopic (exact) mass is 279 g/mol. The lowest BCUT2D eigenvalue weighted by Crippen LogP contribution is -2.29. The van der Waals surface area contributed by atoms with E-state index in [9.17, 15) is 4.79 Å². The van der Waals surface area contributed by atoms with Crippen molar-refractivity contribution in [1.29, 1.82) is 0 Å². The van der Waals surface area contributed by atoms with Crippen molar-refractivity contribution in [2.24, 2.45) is 0 Å². The number of hydrogen-bond donors (Lipinski definition) is 1. The van der Waals surface area contributed by atoms with Gasteiger partial charge in [0, 0.05) is 42.9 Å². The zero-order chi connectivity index (χ0) is 13.7. The molecule has 19 heavy (non-hydrogen) atoms. The zero-order valence-corrected chi connectivity index (χ0v) is 12.3. The van der Waals surface area contributed by atoms with Crippen LogP contribution in [0.4, 0.5) is 0 Å². The van der Waals surface area contributed by atoms with E-state index in [2.05, 4.69) is 36.7 Å². The largest absolute Gasteiger partial charge is 0.328 e. The van der Waals surface area contributed by atoms with Crippen molar-refractivity contribution < 1.29 is 0 Å². The maximum atomic E-state index is 12.0. The highest BCUT2D eigenvalue weighted by Gasteiger charge is 2.06. The van der Waals surface area contributed by atoms with Gasteiger partial charge in [0.25, 0.3) is 0 Å². The van der Waals surface area contributed by atoms with Gasteiger partial charge in [0.1, 0.15) is 0 Å². The topological polar surface area (TPSA) is 39.0 Å². The van der Waals surface area contributed by atoms with E-state index in [1.165, 1.54) is 4.88 Å². The second-order valence-electron chi connectivity index (χ2n) is 4.66.